The number of aromatic amines is 1. The fourth-order valence-electron chi connectivity index (χ4n) is 1.07. The van der Waals surface area contributed by atoms with Crippen molar-refractivity contribution < 1.29 is 14.1 Å². The lowest BCUT2D eigenvalue weighted by molar-refractivity contribution is -0.734. The highest BCUT2D eigenvalue weighted by molar-refractivity contribution is 7.98. The number of esters is 1. The van der Waals surface area contributed by atoms with Gasteiger partial charge in [-0.25, -0.2) is 19.1 Å². The summed E-state index contributed by atoms with van der Waals surface area (Å²) in [5.41, 5.74) is 0.180. The molecule has 0 aliphatic carbocycles. The van der Waals surface area contributed by atoms with Crippen molar-refractivity contribution in [3.8, 4) is 0 Å². The molecule has 1 N–H and O–H groups in total. The van der Waals surface area contributed by atoms with E-state index in [1.54, 1.807) is 13.1 Å². The van der Waals surface area contributed by atoms with Gasteiger partial charge in [-0.1, -0.05) is 6.58 Å². The number of H-pyrrole nitrogens is 1. The molecule has 6 heteroatoms. The van der Waals surface area contributed by atoms with Crippen LogP contribution in [0.3, 0.4) is 0 Å². The summed E-state index contributed by atoms with van der Waals surface area (Å²) in [6.07, 6.45) is 1.70. The molecule has 1 rings (SSSR count). The minimum atomic E-state index is -0.432. The molecule has 0 amide bonds. The van der Waals surface area contributed by atoms with Crippen LogP contribution in [-0.4, -0.2) is 16.9 Å². The maximum atomic E-state index is 11.2. The van der Waals surface area contributed by atoms with Gasteiger partial charge in [-0.05, 0) is 13.8 Å². The fraction of sp³-hybridized carbons (Fsp3) is 0.364. The highest BCUT2D eigenvalue weighted by Gasteiger charge is 2.11. The quantitative estimate of drug-likeness (QED) is 0.212. The molecule has 0 fully saturated rings. The molecule has 0 unspecified atom stereocenters. The summed E-state index contributed by atoms with van der Waals surface area (Å²) in [6.45, 7) is 7.76. The number of rotatable bonds is 5. The van der Waals surface area contributed by atoms with Crippen molar-refractivity contribution in [3.05, 3.63) is 34.8 Å². The van der Waals surface area contributed by atoms with Crippen LogP contribution in [0.2, 0.25) is 0 Å². The molecule has 0 aromatic carbocycles. The van der Waals surface area contributed by atoms with Crippen molar-refractivity contribution in [2.75, 3.05) is 5.94 Å². The van der Waals surface area contributed by atoms with Crippen LogP contribution in [0.15, 0.2) is 34.4 Å². The third-order valence-electron chi connectivity index (χ3n) is 1.97. The Hall–Kier alpha value is -1.56. The molecule has 0 spiro atoms. The van der Waals surface area contributed by atoms with Crippen LogP contribution in [0, 0.1) is 0 Å². The first-order valence-corrected chi connectivity index (χ1v) is 6.11. The second-order valence-electron chi connectivity index (χ2n) is 3.37. The molecule has 1 aromatic rings. The van der Waals surface area contributed by atoms with Crippen molar-refractivity contribution in [1.29, 1.82) is 0 Å². The predicted octanol–water partition coefficient (Wildman–Crippen LogP) is 0.851. The highest BCUT2D eigenvalue weighted by atomic mass is 32.2. The molecule has 0 bridgehead atoms. The van der Waals surface area contributed by atoms with Crippen LogP contribution < -0.4 is 10.1 Å². The van der Waals surface area contributed by atoms with Crippen molar-refractivity contribution in [3.63, 3.8) is 0 Å². The van der Waals surface area contributed by atoms with Crippen LogP contribution in [0.1, 0.15) is 13.8 Å². The van der Waals surface area contributed by atoms with Gasteiger partial charge in [0.25, 0.3) is 0 Å². The lowest BCUT2D eigenvalue weighted by Gasteiger charge is -2.03. The lowest BCUT2D eigenvalue weighted by Crippen LogP contribution is -2.38. The van der Waals surface area contributed by atoms with Gasteiger partial charge in [0.05, 0.1) is 18.8 Å². The zero-order chi connectivity index (χ0) is 12.8. The largest absolute Gasteiger partial charge is 0.451 e. The summed E-state index contributed by atoms with van der Waals surface area (Å²) >= 11 is 1.25. The van der Waals surface area contributed by atoms with E-state index in [9.17, 15) is 9.59 Å². The Balaban J connectivity index is 2.62. The van der Waals surface area contributed by atoms with Gasteiger partial charge in [0.2, 0.25) is 0 Å². The summed E-state index contributed by atoms with van der Waals surface area (Å²) < 4.78 is 6.80. The van der Waals surface area contributed by atoms with E-state index in [1.165, 1.54) is 17.8 Å². The number of carbonyl (C=O) groups excluding carboxylic acids is 1. The highest BCUT2D eigenvalue weighted by Crippen LogP contribution is 2.09. The Kier molecular flexibility index (Phi) is 4.96. The lowest BCUT2D eigenvalue weighted by atomic mass is 10.4. The Labute approximate surface area is 104 Å². The topological polar surface area (TPSA) is 63.0 Å². The van der Waals surface area contributed by atoms with Gasteiger partial charge in [0.1, 0.15) is 5.94 Å². The molecule has 0 aliphatic rings. The Morgan fingerprint density at radius 3 is 2.94 bits per heavy atom. The SMILES string of the molecule is C=C(C)C(=O)OCSc1[nH]c(=O)cc[n+]1CC. The predicted molar refractivity (Wildman–Crippen MR) is 64.6 cm³/mol. The van der Waals surface area contributed by atoms with Gasteiger partial charge in [-0.3, -0.25) is 0 Å². The summed E-state index contributed by atoms with van der Waals surface area (Å²) in [4.78, 5) is 25.0. The number of aromatic nitrogens is 2. The minimum absolute atomic E-state index is 0.144. The molecular weight excluding hydrogens is 240 g/mol. The number of ether oxygens (including phenoxy) is 1. The third-order valence-corrected chi connectivity index (χ3v) is 2.82. The third kappa shape index (κ3) is 4.07. The molecular formula is C11H15N2O3S+. The Morgan fingerprint density at radius 2 is 2.35 bits per heavy atom. The van der Waals surface area contributed by atoms with Gasteiger partial charge >= 0.3 is 16.7 Å². The van der Waals surface area contributed by atoms with Crippen LogP contribution in [0.5, 0.6) is 0 Å². The monoisotopic (exact) mass is 255 g/mol. The Morgan fingerprint density at radius 1 is 1.65 bits per heavy atom. The molecule has 1 aromatic heterocycles. The van der Waals surface area contributed by atoms with Gasteiger partial charge in [-0.15, -0.1) is 0 Å². The van der Waals surface area contributed by atoms with Crippen molar-refractivity contribution in [2.45, 2.75) is 25.5 Å². The molecule has 0 saturated heterocycles. The average Bonchev–Trinajstić information content (AvgIpc) is 2.29. The number of hydrogen-bond acceptors (Lipinski definition) is 4. The van der Waals surface area contributed by atoms with Crippen molar-refractivity contribution in [1.82, 2.24) is 4.98 Å². The van der Waals surface area contributed by atoms with Gasteiger partial charge in [0, 0.05) is 17.3 Å². The van der Waals surface area contributed by atoms with Gasteiger partial charge in [-0.2, -0.15) is 0 Å². The zero-order valence-electron chi connectivity index (χ0n) is 9.86. The number of hydrogen-bond donors (Lipinski definition) is 1. The number of nitrogens with one attached hydrogen (secondary N) is 1. The fourth-order valence-corrected chi connectivity index (χ4v) is 1.88. The first-order chi connectivity index (χ1) is 8.04. The number of aryl methyl sites for hydroxylation is 1. The van der Waals surface area contributed by atoms with Crippen LogP contribution in [0.25, 0.3) is 0 Å². The smallest absolute Gasteiger partial charge is 0.335 e. The standard InChI is InChI=1S/C11H14N2O3S/c1-4-13-6-5-9(14)12-11(13)17-7-16-10(15)8(2)3/h5-6H,2,4,7H2,1,3H3/p+1. The average molecular weight is 255 g/mol. The molecule has 0 aliphatic heterocycles. The van der Waals surface area contributed by atoms with Crippen LogP contribution in [-0.2, 0) is 16.1 Å². The van der Waals surface area contributed by atoms with Crippen LogP contribution >= 0.6 is 11.8 Å². The van der Waals surface area contributed by atoms with Crippen LogP contribution in [0.4, 0.5) is 0 Å². The van der Waals surface area contributed by atoms with E-state index < -0.39 is 5.97 Å². The van der Waals surface area contributed by atoms with E-state index in [0.29, 0.717) is 10.7 Å². The maximum Gasteiger partial charge on any atom is 0.335 e. The molecule has 92 valence electrons. The normalized spacial score (nSPS) is 10.0. The second-order valence-corrected chi connectivity index (χ2v) is 4.28. The Bertz CT molecular complexity index is 482. The maximum absolute atomic E-state index is 11.2. The molecule has 0 saturated carbocycles. The summed E-state index contributed by atoms with van der Waals surface area (Å²) in [5, 5.41) is 0.662. The summed E-state index contributed by atoms with van der Waals surface area (Å²) in [6, 6.07) is 1.45. The van der Waals surface area contributed by atoms with Crippen molar-refractivity contribution in [2.24, 2.45) is 0 Å². The van der Waals surface area contributed by atoms with Gasteiger partial charge in [0.15, 0.2) is 0 Å². The number of nitrogens with zero attached hydrogens (tertiary/aromatic N) is 1. The van der Waals surface area contributed by atoms with E-state index >= 15 is 0 Å². The first-order valence-electron chi connectivity index (χ1n) is 5.12. The second kappa shape index (κ2) is 6.24. The van der Waals surface area contributed by atoms with Gasteiger partial charge < -0.3 is 4.74 Å². The number of carbonyl (C=O) groups is 1. The molecule has 1 heterocycles. The van der Waals surface area contributed by atoms with E-state index in [0.717, 1.165) is 6.54 Å². The zero-order valence-corrected chi connectivity index (χ0v) is 10.7. The van der Waals surface area contributed by atoms with E-state index in [-0.39, 0.29) is 11.5 Å². The van der Waals surface area contributed by atoms with Crippen molar-refractivity contribution >= 4 is 17.7 Å². The first kappa shape index (κ1) is 13.5. The molecule has 0 atom stereocenters. The molecule has 17 heavy (non-hydrogen) atoms. The number of thioether (sulfide) groups is 1. The summed E-state index contributed by atoms with van der Waals surface area (Å²) in [7, 11) is 0. The minimum Gasteiger partial charge on any atom is -0.451 e. The summed E-state index contributed by atoms with van der Waals surface area (Å²) in [5.74, 6) is -0.287. The molecule has 5 nitrogen and oxygen atoms in total. The van der Waals surface area contributed by atoms with E-state index in [4.69, 9.17) is 4.74 Å². The van der Waals surface area contributed by atoms with E-state index in [2.05, 4.69) is 11.6 Å². The molecule has 0 radical (unpaired) electrons. The van der Waals surface area contributed by atoms with E-state index in [1.807, 2.05) is 11.5 Å².